The van der Waals surface area contributed by atoms with Gasteiger partial charge in [-0.1, -0.05) is 18.7 Å². The van der Waals surface area contributed by atoms with Crippen LogP contribution in [0.25, 0.3) is 11.0 Å². The quantitative estimate of drug-likeness (QED) is 0.622. The van der Waals surface area contributed by atoms with E-state index >= 15 is 4.39 Å². The molecule has 0 radical (unpaired) electrons. The van der Waals surface area contributed by atoms with E-state index in [9.17, 15) is 4.79 Å². The first-order chi connectivity index (χ1) is 15.6. The summed E-state index contributed by atoms with van der Waals surface area (Å²) >= 11 is 0. The van der Waals surface area contributed by atoms with Crippen molar-refractivity contribution in [2.45, 2.75) is 37.3 Å². The molecule has 2 atom stereocenters. The van der Waals surface area contributed by atoms with Crippen molar-refractivity contribution in [3.05, 3.63) is 60.7 Å². The number of carbonyl (C=O) groups is 1. The van der Waals surface area contributed by atoms with E-state index in [4.69, 9.17) is 4.98 Å². The van der Waals surface area contributed by atoms with Gasteiger partial charge in [-0.05, 0) is 55.0 Å². The molecular formula is C24H23FN6O. The Kier molecular flexibility index (Phi) is 4.34. The fourth-order valence-corrected chi connectivity index (χ4v) is 5.00. The van der Waals surface area contributed by atoms with E-state index in [0.29, 0.717) is 35.0 Å². The van der Waals surface area contributed by atoms with Crippen LogP contribution in [0.15, 0.2) is 49.3 Å². The van der Waals surface area contributed by atoms with Crippen LogP contribution in [0.1, 0.15) is 30.7 Å². The Hall–Kier alpha value is -3.55. The summed E-state index contributed by atoms with van der Waals surface area (Å²) in [6.45, 7) is 5.01. The van der Waals surface area contributed by atoms with Gasteiger partial charge < -0.3 is 15.1 Å². The molecule has 2 saturated heterocycles. The van der Waals surface area contributed by atoms with Crippen LogP contribution in [0.3, 0.4) is 0 Å². The molecule has 6 rings (SSSR count). The number of aromatic nitrogens is 3. The number of halogens is 1. The number of carbonyl (C=O) groups excluding carboxylic acids is 1. The van der Waals surface area contributed by atoms with E-state index in [1.165, 1.54) is 12.4 Å². The summed E-state index contributed by atoms with van der Waals surface area (Å²) in [5.74, 6) is 1.39. The molecule has 32 heavy (non-hydrogen) atoms. The van der Waals surface area contributed by atoms with Gasteiger partial charge >= 0.3 is 0 Å². The molecule has 1 aliphatic carbocycles. The lowest BCUT2D eigenvalue weighted by molar-refractivity contribution is -0.127. The number of pyridine rings is 1. The molecule has 1 amide bonds. The van der Waals surface area contributed by atoms with Crippen molar-refractivity contribution in [2.75, 3.05) is 23.3 Å². The second kappa shape index (κ2) is 7.25. The van der Waals surface area contributed by atoms with E-state index in [2.05, 4.69) is 26.8 Å². The van der Waals surface area contributed by atoms with Crippen molar-refractivity contribution in [2.24, 2.45) is 0 Å². The number of rotatable bonds is 5. The summed E-state index contributed by atoms with van der Waals surface area (Å²) in [5.41, 5.74) is 2.45. The maximum absolute atomic E-state index is 15.0. The van der Waals surface area contributed by atoms with Gasteiger partial charge in [0, 0.05) is 13.1 Å². The van der Waals surface area contributed by atoms with E-state index < -0.39 is 0 Å². The lowest BCUT2D eigenvalue weighted by Gasteiger charge is -2.34. The molecule has 3 aliphatic rings. The molecule has 0 spiro atoms. The highest BCUT2D eigenvalue weighted by Crippen LogP contribution is 2.43. The molecule has 162 valence electrons. The van der Waals surface area contributed by atoms with Crippen molar-refractivity contribution in [1.29, 1.82) is 0 Å². The van der Waals surface area contributed by atoms with Crippen LogP contribution in [-0.2, 0) is 4.79 Å². The summed E-state index contributed by atoms with van der Waals surface area (Å²) in [4.78, 5) is 29.7. The Morgan fingerprint density at radius 1 is 1.16 bits per heavy atom. The highest BCUT2D eigenvalue weighted by Gasteiger charge is 2.45. The van der Waals surface area contributed by atoms with Crippen LogP contribution in [0.2, 0.25) is 0 Å². The number of likely N-dealkylation sites (tertiary alicyclic amines) is 1. The summed E-state index contributed by atoms with van der Waals surface area (Å²) in [6.07, 6.45) is 5.84. The monoisotopic (exact) mass is 430 g/mol. The minimum absolute atomic E-state index is 0.0149. The summed E-state index contributed by atoms with van der Waals surface area (Å²) in [5, 5.41) is 3.15. The minimum atomic E-state index is -0.221. The molecule has 0 unspecified atom stereocenters. The highest BCUT2D eigenvalue weighted by molar-refractivity contribution is 5.89. The smallest absolute Gasteiger partial charge is 0.246 e. The van der Waals surface area contributed by atoms with Crippen molar-refractivity contribution in [1.82, 2.24) is 19.9 Å². The molecule has 8 heteroatoms. The van der Waals surface area contributed by atoms with Gasteiger partial charge in [-0.3, -0.25) is 4.79 Å². The zero-order valence-electron chi connectivity index (χ0n) is 17.5. The van der Waals surface area contributed by atoms with Crippen molar-refractivity contribution < 1.29 is 9.18 Å². The Bertz CT molecular complexity index is 1240. The predicted molar refractivity (Wildman–Crippen MR) is 120 cm³/mol. The average molecular weight is 430 g/mol. The van der Waals surface area contributed by atoms with Crippen LogP contribution in [0.5, 0.6) is 0 Å². The summed E-state index contributed by atoms with van der Waals surface area (Å²) in [7, 11) is 0. The fraction of sp³-hybridized carbons (Fsp3) is 0.333. The van der Waals surface area contributed by atoms with Crippen LogP contribution in [0, 0.1) is 5.82 Å². The lowest BCUT2D eigenvalue weighted by Crippen LogP contribution is -2.48. The maximum atomic E-state index is 15.0. The molecule has 1 aromatic carbocycles. The Morgan fingerprint density at radius 2 is 2.03 bits per heavy atom. The zero-order valence-corrected chi connectivity index (χ0v) is 17.5. The second-order valence-electron chi connectivity index (χ2n) is 8.76. The molecule has 3 fully saturated rings. The molecule has 2 aromatic heterocycles. The Morgan fingerprint density at radius 3 is 2.78 bits per heavy atom. The molecule has 7 nitrogen and oxygen atoms in total. The average Bonchev–Trinajstić information content (AvgIpc) is 3.46. The van der Waals surface area contributed by atoms with Gasteiger partial charge in [-0.25, -0.2) is 19.3 Å². The standard InChI is InChI=1S/C24H23FN6O/c1-2-21(32)31-12-15-10-16(31)11-30(15)20-9-8-19-23(29-20)24(27-13-26-19)28-18-5-3-4-17(22(18)25)14-6-7-14/h2-5,8-9,13-16H,1,6-7,10-12H2,(H,26,27,28)/t15-,16-/m0/s1. The number of piperazine rings is 1. The Labute approximate surface area is 185 Å². The summed E-state index contributed by atoms with van der Waals surface area (Å²) < 4.78 is 15.0. The number of fused-ring (bicyclic) bond motifs is 3. The molecule has 1 saturated carbocycles. The van der Waals surface area contributed by atoms with Crippen molar-refractivity contribution in [3.63, 3.8) is 0 Å². The van der Waals surface area contributed by atoms with Gasteiger partial charge in [-0.15, -0.1) is 0 Å². The molecule has 1 N–H and O–H groups in total. The number of amides is 1. The lowest BCUT2D eigenvalue weighted by atomic mass is 10.1. The van der Waals surface area contributed by atoms with Gasteiger partial charge in [-0.2, -0.15) is 0 Å². The first kappa shape index (κ1) is 19.2. The van der Waals surface area contributed by atoms with E-state index in [0.717, 1.165) is 37.2 Å². The third-order valence-electron chi connectivity index (χ3n) is 6.76. The number of nitrogens with one attached hydrogen (secondary N) is 1. The first-order valence-electron chi connectivity index (χ1n) is 11.0. The van der Waals surface area contributed by atoms with Gasteiger partial charge in [0.15, 0.2) is 5.82 Å². The molecule has 3 aromatic rings. The predicted octanol–water partition coefficient (Wildman–Crippen LogP) is 3.76. The number of benzene rings is 1. The van der Waals surface area contributed by atoms with Crippen LogP contribution in [-0.4, -0.2) is 50.9 Å². The van der Waals surface area contributed by atoms with Gasteiger partial charge in [0.2, 0.25) is 5.91 Å². The first-order valence-corrected chi connectivity index (χ1v) is 11.0. The molecular weight excluding hydrogens is 407 g/mol. The van der Waals surface area contributed by atoms with Crippen molar-refractivity contribution >= 4 is 34.3 Å². The molecule has 4 heterocycles. The third-order valence-corrected chi connectivity index (χ3v) is 6.76. The van der Waals surface area contributed by atoms with Crippen LogP contribution >= 0.6 is 0 Å². The fourth-order valence-electron chi connectivity index (χ4n) is 5.00. The molecule has 2 aliphatic heterocycles. The number of nitrogens with zero attached hydrogens (tertiary/aromatic N) is 5. The van der Waals surface area contributed by atoms with E-state index in [-0.39, 0.29) is 23.8 Å². The third kappa shape index (κ3) is 3.09. The number of anilines is 3. The normalized spacial score (nSPS) is 21.9. The van der Waals surface area contributed by atoms with E-state index in [1.54, 1.807) is 6.07 Å². The van der Waals surface area contributed by atoms with Crippen molar-refractivity contribution in [3.8, 4) is 0 Å². The largest absolute Gasteiger partial charge is 0.350 e. The SMILES string of the molecule is C=CC(=O)N1C[C@@H]2C[C@H]1CN2c1ccc2ncnc(Nc3cccc(C4CC4)c3F)c2n1. The summed E-state index contributed by atoms with van der Waals surface area (Å²) in [6, 6.07) is 9.72. The van der Waals surface area contributed by atoms with Gasteiger partial charge in [0.1, 0.15) is 23.5 Å². The Balaban J connectivity index is 1.31. The van der Waals surface area contributed by atoms with Crippen LogP contribution < -0.4 is 10.2 Å². The second-order valence-corrected chi connectivity index (χ2v) is 8.76. The van der Waals surface area contributed by atoms with Gasteiger partial charge in [0.25, 0.3) is 0 Å². The highest BCUT2D eigenvalue weighted by atomic mass is 19.1. The molecule has 2 bridgehead atoms. The minimum Gasteiger partial charge on any atom is -0.350 e. The van der Waals surface area contributed by atoms with E-state index in [1.807, 2.05) is 29.2 Å². The zero-order chi connectivity index (χ0) is 21.8. The number of hydrogen-bond acceptors (Lipinski definition) is 6. The topological polar surface area (TPSA) is 74.2 Å². The maximum Gasteiger partial charge on any atom is 0.246 e. The van der Waals surface area contributed by atoms with Crippen LogP contribution in [0.4, 0.5) is 21.7 Å². The van der Waals surface area contributed by atoms with Gasteiger partial charge in [0.05, 0.1) is 23.3 Å². The number of hydrogen-bond donors (Lipinski definition) is 1.